The predicted molar refractivity (Wildman–Crippen MR) is 97.6 cm³/mol. The molecule has 0 aliphatic rings. The van der Waals surface area contributed by atoms with E-state index >= 15 is 0 Å². The molecule has 0 atom stereocenters. The number of aryl methyl sites for hydroxylation is 1. The van der Waals surface area contributed by atoms with Crippen molar-refractivity contribution in [2.75, 3.05) is 5.32 Å². The van der Waals surface area contributed by atoms with Gasteiger partial charge in [-0.2, -0.15) is 4.68 Å². The van der Waals surface area contributed by atoms with Crippen LogP contribution in [0, 0.1) is 24.0 Å². The van der Waals surface area contributed by atoms with Crippen LogP contribution in [0.4, 0.5) is 11.8 Å². The standard InChI is InChI=1S/C16H16ClN7O3/c1-10-3-5-12(6-4-10)7-22-9-18-16(21-22)19-13(25)8-23-11(2)14(17)15(20-23)24(26)27/h3-6,9H,7-8H2,1-2H3,(H,19,21,25). The summed E-state index contributed by atoms with van der Waals surface area (Å²) < 4.78 is 2.76. The summed E-state index contributed by atoms with van der Waals surface area (Å²) in [5.41, 5.74) is 2.55. The van der Waals surface area contributed by atoms with Crippen LogP contribution < -0.4 is 5.32 Å². The van der Waals surface area contributed by atoms with Crippen molar-refractivity contribution in [1.82, 2.24) is 24.5 Å². The first-order chi connectivity index (χ1) is 12.8. The van der Waals surface area contributed by atoms with Crippen LogP contribution in [0.25, 0.3) is 0 Å². The molecule has 0 spiro atoms. The largest absolute Gasteiger partial charge is 0.408 e. The Kier molecular flexibility index (Phi) is 5.17. The molecular formula is C16H16ClN7O3. The molecule has 27 heavy (non-hydrogen) atoms. The molecule has 0 radical (unpaired) electrons. The van der Waals surface area contributed by atoms with Gasteiger partial charge in [-0.05, 0) is 24.3 Å². The monoisotopic (exact) mass is 389 g/mol. The van der Waals surface area contributed by atoms with Crippen LogP contribution in [-0.4, -0.2) is 35.4 Å². The fraction of sp³-hybridized carbons (Fsp3) is 0.250. The highest BCUT2D eigenvalue weighted by molar-refractivity contribution is 6.33. The number of nitrogens with one attached hydrogen (secondary N) is 1. The molecule has 0 bridgehead atoms. The first kappa shape index (κ1) is 18.5. The maximum atomic E-state index is 12.2. The SMILES string of the molecule is Cc1ccc(Cn2cnc(NC(=O)Cn3nc([N+](=O)[O-])c(Cl)c3C)n2)cc1. The molecule has 10 nitrogen and oxygen atoms in total. The Morgan fingerprint density at radius 3 is 2.59 bits per heavy atom. The van der Waals surface area contributed by atoms with Crippen LogP contribution in [0.5, 0.6) is 0 Å². The van der Waals surface area contributed by atoms with E-state index in [2.05, 4.69) is 20.5 Å². The van der Waals surface area contributed by atoms with Gasteiger partial charge >= 0.3 is 5.82 Å². The number of aromatic nitrogens is 5. The van der Waals surface area contributed by atoms with Gasteiger partial charge in [0.2, 0.25) is 5.95 Å². The van der Waals surface area contributed by atoms with Crippen molar-refractivity contribution >= 4 is 29.3 Å². The Morgan fingerprint density at radius 2 is 1.96 bits per heavy atom. The van der Waals surface area contributed by atoms with E-state index in [-0.39, 0.29) is 17.5 Å². The third kappa shape index (κ3) is 4.29. The van der Waals surface area contributed by atoms with Crippen LogP contribution in [0.3, 0.4) is 0 Å². The minimum Gasteiger partial charge on any atom is -0.358 e. The average Bonchev–Trinajstić information content (AvgIpc) is 3.16. The smallest absolute Gasteiger partial charge is 0.358 e. The summed E-state index contributed by atoms with van der Waals surface area (Å²) in [5.74, 6) is -0.819. The van der Waals surface area contributed by atoms with Crippen molar-refractivity contribution in [2.24, 2.45) is 0 Å². The second-order valence-electron chi connectivity index (χ2n) is 5.94. The van der Waals surface area contributed by atoms with E-state index in [0.29, 0.717) is 12.2 Å². The zero-order valence-corrected chi connectivity index (χ0v) is 15.3. The van der Waals surface area contributed by atoms with Gasteiger partial charge in [0.05, 0.1) is 17.3 Å². The lowest BCUT2D eigenvalue weighted by Crippen LogP contribution is -2.21. The van der Waals surface area contributed by atoms with Crippen LogP contribution in [0.1, 0.15) is 16.8 Å². The van der Waals surface area contributed by atoms with E-state index < -0.39 is 16.6 Å². The topological polar surface area (TPSA) is 121 Å². The Balaban J connectivity index is 1.63. The van der Waals surface area contributed by atoms with Crippen LogP contribution in [0.2, 0.25) is 5.02 Å². The summed E-state index contributed by atoms with van der Waals surface area (Å²) in [7, 11) is 0. The van der Waals surface area contributed by atoms with E-state index in [1.807, 2.05) is 31.2 Å². The number of nitrogens with zero attached hydrogens (tertiary/aromatic N) is 6. The molecule has 0 aliphatic heterocycles. The molecule has 11 heteroatoms. The third-order valence-electron chi connectivity index (χ3n) is 3.84. The van der Waals surface area contributed by atoms with E-state index in [1.165, 1.54) is 16.6 Å². The second kappa shape index (κ2) is 7.54. The summed E-state index contributed by atoms with van der Waals surface area (Å²) in [6, 6.07) is 8.00. The summed E-state index contributed by atoms with van der Waals surface area (Å²) in [6.07, 6.45) is 1.51. The lowest BCUT2D eigenvalue weighted by Gasteiger charge is -2.02. The number of carbonyl (C=O) groups is 1. The number of rotatable bonds is 6. The molecule has 140 valence electrons. The van der Waals surface area contributed by atoms with Crippen molar-refractivity contribution < 1.29 is 9.72 Å². The highest BCUT2D eigenvalue weighted by Crippen LogP contribution is 2.26. The van der Waals surface area contributed by atoms with Gasteiger partial charge in [0.1, 0.15) is 12.9 Å². The van der Waals surface area contributed by atoms with Crippen molar-refractivity contribution in [3.05, 3.63) is 62.6 Å². The van der Waals surface area contributed by atoms with E-state index in [0.717, 1.165) is 5.56 Å². The number of carbonyl (C=O) groups excluding carboxylic acids is 1. The van der Waals surface area contributed by atoms with E-state index in [1.54, 1.807) is 11.6 Å². The Morgan fingerprint density at radius 1 is 1.26 bits per heavy atom. The molecule has 2 aromatic heterocycles. The Labute approximate surface area is 158 Å². The summed E-state index contributed by atoms with van der Waals surface area (Å²) >= 11 is 5.86. The molecule has 2 heterocycles. The van der Waals surface area contributed by atoms with Crippen LogP contribution in [0.15, 0.2) is 30.6 Å². The molecule has 3 aromatic rings. The highest BCUT2D eigenvalue weighted by atomic mass is 35.5. The number of amides is 1. The number of hydrogen-bond acceptors (Lipinski definition) is 6. The minimum absolute atomic E-state index is 0.0895. The molecule has 0 aliphatic carbocycles. The van der Waals surface area contributed by atoms with Gasteiger partial charge in [-0.3, -0.25) is 10.1 Å². The summed E-state index contributed by atoms with van der Waals surface area (Å²) in [5, 5.41) is 21.2. The average molecular weight is 390 g/mol. The van der Waals surface area contributed by atoms with E-state index in [9.17, 15) is 14.9 Å². The van der Waals surface area contributed by atoms with Gasteiger partial charge in [0.15, 0.2) is 5.02 Å². The quantitative estimate of drug-likeness (QED) is 0.510. The van der Waals surface area contributed by atoms with Gasteiger partial charge in [0, 0.05) is 0 Å². The number of benzene rings is 1. The van der Waals surface area contributed by atoms with Gasteiger partial charge in [0.25, 0.3) is 5.91 Å². The molecule has 3 rings (SSSR count). The fourth-order valence-corrected chi connectivity index (χ4v) is 2.59. The van der Waals surface area contributed by atoms with Gasteiger partial charge in [-0.15, -0.1) is 5.10 Å². The maximum absolute atomic E-state index is 12.2. The summed E-state index contributed by atoms with van der Waals surface area (Å²) in [6.45, 7) is 3.83. The molecule has 1 amide bonds. The number of hydrogen-bond donors (Lipinski definition) is 1. The fourth-order valence-electron chi connectivity index (χ4n) is 2.39. The normalized spacial score (nSPS) is 10.8. The maximum Gasteiger partial charge on any atom is 0.408 e. The predicted octanol–water partition coefficient (Wildman–Crippen LogP) is 2.34. The van der Waals surface area contributed by atoms with Crippen molar-refractivity contribution in [3.63, 3.8) is 0 Å². The number of anilines is 1. The van der Waals surface area contributed by atoms with Crippen LogP contribution >= 0.6 is 11.6 Å². The lowest BCUT2D eigenvalue weighted by atomic mass is 10.1. The number of nitro groups is 1. The minimum atomic E-state index is -0.696. The van der Waals surface area contributed by atoms with Crippen molar-refractivity contribution in [3.8, 4) is 0 Å². The molecule has 1 N–H and O–H groups in total. The summed E-state index contributed by atoms with van der Waals surface area (Å²) in [4.78, 5) is 26.4. The van der Waals surface area contributed by atoms with Gasteiger partial charge in [-0.1, -0.05) is 41.4 Å². The Bertz CT molecular complexity index is 994. The van der Waals surface area contributed by atoms with Gasteiger partial charge in [-0.25, -0.2) is 9.67 Å². The molecule has 0 fully saturated rings. The highest BCUT2D eigenvalue weighted by Gasteiger charge is 2.25. The Hall–Kier alpha value is -3.27. The first-order valence-electron chi connectivity index (χ1n) is 7.95. The third-order valence-corrected chi connectivity index (χ3v) is 4.28. The molecule has 1 aromatic carbocycles. The molecular weight excluding hydrogens is 374 g/mol. The zero-order chi connectivity index (χ0) is 19.6. The van der Waals surface area contributed by atoms with Crippen LogP contribution in [-0.2, 0) is 17.9 Å². The van der Waals surface area contributed by atoms with Crippen molar-refractivity contribution in [2.45, 2.75) is 26.9 Å². The molecule has 0 saturated heterocycles. The molecule has 0 unspecified atom stereocenters. The van der Waals surface area contributed by atoms with E-state index in [4.69, 9.17) is 11.6 Å². The van der Waals surface area contributed by atoms with Crippen molar-refractivity contribution in [1.29, 1.82) is 0 Å². The zero-order valence-electron chi connectivity index (χ0n) is 14.6. The number of halogens is 1. The van der Waals surface area contributed by atoms with Gasteiger partial charge < -0.3 is 10.1 Å². The first-order valence-corrected chi connectivity index (χ1v) is 8.33. The molecule has 0 saturated carbocycles. The lowest BCUT2D eigenvalue weighted by molar-refractivity contribution is -0.389. The second-order valence-corrected chi connectivity index (χ2v) is 6.32.